The zero-order valence-electron chi connectivity index (χ0n) is 16.2. The second kappa shape index (κ2) is 7.95. The van der Waals surface area contributed by atoms with Crippen LogP contribution < -0.4 is 5.14 Å². The monoisotopic (exact) mass is 586 g/mol. The summed E-state index contributed by atoms with van der Waals surface area (Å²) in [6, 6.07) is -7.24. The van der Waals surface area contributed by atoms with Crippen LogP contribution >= 0.6 is 0 Å². The summed E-state index contributed by atoms with van der Waals surface area (Å²) in [6.45, 7) is 0.971. The van der Waals surface area contributed by atoms with Crippen LogP contribution in [0.15, 0.2) is 0 Å². The molecular weight excluding hydrogens is 575 g/mol. The zero-order valence-corrected chi connectivity index (χ0v) is 18.0. The number of hydrogen-bond donors (Lipinski definition) is 1. The van der Waals surface area contributed by atoms with Crippen molar-refractivity contribution in [2.24, 2.45) is 5.14 Å². The molecule has 0 saturated heterocycles. The number of nitrogens with two attached hydrogens (primary N) is 1. The maximum atomic E-state index is 14.2. The highest BCUT2D eigenvalue weighted by atomic mass is 32.2. The Morgan fingerprint density at radius 2 is 0.765 bits per heavy atom. The molecule has 0 atom stereocenters. The van der Waals surface area contributed by atoms with Crippen molar-refractivity contribution in [3.05, 3.63) is 0 Å². The van der Waals surface area contributed by atoms with Crippen molar-refractivity contribution in [2.75, 3.05) is 0 Å². The van der Waals surface area contributed by atoms with Gasteiger partial charge in [0.2, 0.25) is 0 Å². The van der Waals surface area contributed by atoms with Gasteiger partial charge in [-0.15, -0.1) is 3.97 Å². The van der Waals surface area contributed by atoms with Crippen molar-refractivity contribution in [1.29, 1.82) is 0 Å². The lowest BCUT2D eigenvalue weighted by atomic mass is 9.90. The summed E-state index contributed by atoms with van der Waals surface area (Å²) in [5, 5.41) is 4.16. The molecule has 0 amide bonds. The molecule has 0 rings (SSSR count). The molecular formula is C11H11F17N2O2SSi. The van der Waals surface area contributed by atoms with E-state index in [1.54, 1.807) is 0 Å². The van der Waals surface area contributed by atoms with Crippen LogP contribution in [-0.2, 0) is 10.2 Å². The number of alkyl halides is 17. The molecule has 0 aliphatic heterocycles. The highest BCUT2D eigenvalue weighted by Crippen LogP contribution is 2.64. The summed E-state index contributed by atoms with van der Waals surface area (Å²) in [6.07, 6.45) is -7.86. The zero-order chi connectivity index (χ0) is 28.6. The molecule has 0 aromatic heterocycles. The van der Waals surface area contributed by atoms with Gasteiger partial charge in [-0.25, -0.2) is 5.14 Å². The van der Waals surface area contributed by atoms with E-state index in [4.69, 9.17) is 0 Å². The first-order valence-electron chi connectivity index (χ1n) is 7.66. The number of halogens is 17. The van der Waals surface area contributed by atoms with E-state index in [1.807, 2.05) is 0 Å². The van der Waals surface area contributed by atoms with E-state index >= 15 is 0 Å². The van der Waals surface area contributed by atoms with E-state index in [0.29, 0.717) is 19.6 Å². The Hall–Kier alpha value is -1.10. The predicted octanol–water partition coefficient (Wildman–Crippen LogP) is 5.29. The lowest BCUT2D eigenvalue weighted by Gasteiger charge is -2.46. The molecule has 34 heavy (non-hydrogen) atoms. The molecule has 206 valence electrons. The Balaban J connectivity index is 7.19. The highest BCUT2D eigenvalue weighted by Gasteiger charge is 2.96. The van der Waals surface area contributed by atoms with Gasteiger partial charge in [0, 0.05) is 0 Å². The molecule has 0 aliphatic carbocycles. The lowest BCUT2D eigenvalue weighted by Crippen LogP contribution is -2.77. The smallest absolute Gasteiger partial charge is 0.216 e. The normalized spacial score (nSPS) is 16.9. The Morgan fingerprint density at radius 1 is 0.529 bits per heavy atom. The van der Waals surface area contributed by atoms with Crippen LogP contribution in [0.3, 0.4) is 0 Å². The van der Waals surface area contributed by atoms with Crippen LogP contribution in [0.25, 0.3) is 0 Å². The molecule has 23 heteroatoms. The second-order valence-electron chi connectivity index (χ2n) is 7.47. The van der Waals surface area contributed by atoms with Crippen molar-refractivity contribution in [3.63, 3.8) is 0 Å². The van der Waals surface area contributed by atoms with Gasteiger partial charge in [-0.1, -0.05) is 19.6 Å². The third kappa shape index (κ3) is 4.33. The van der Waals surface area contributed by atoms with Crippen molar-refractivity contribution in [1.82, 2.24) is 3.97 Å². The lowest BCUT2D eigenvalue weighted by molar-refractivity contribution is -0.464. The largest absolute Gasteiger partial charge is 0.460 e. The first-order valence-corrected chi connectivity index (χ1v) is 12.6. The molecule has 0 aromatic rings. The molecule has 0 heterocycles. The van der Waals surface area contributed by atoms with Crippen LogP contribution in [0, 0.1) is 0 Å². The fraction of sp³-hybridized carbons (Fsp3) is 1.00. The second-order valence-corrected chi connectivity index (χ2v) is 14.0. The predicted molar refractivity (Wildman–Crippen MR) is 79.0 cm³/mol. The van der Waals surface area contributed by atoms with Gasteiger partial charge >= 0.3 is 47.8 Å². The fourth-order valence-electron chi connectivity index (χ4n) is 2.25. The number of hydrogen-bond acceptors (Lipinski definition) is 2. The van der Waals surface area contributed by atoms with E-state index in [0.717, 1.165) is 0 Å². The fourth-order valence-corrected chi connectivity index (χ4v) is 6.72. The summed E-state index contributed by atoms with van der Waals surface area (Å²) in [4.78, 5) is 0. The Labute approximate surface area is 179 Å². The van der Waals surface area contributed by atoms with E-state index in [1.165, 1.54) is 0 Å². The van der Waals surface area contributed by atoms with Crippen LogP contribution in [0.2, 0.25) is 19.6 Å². The van der Waals surface area contributed by atoms with Gasteiger partial charge in [-0.3, -0.25) is 0 Å². The van der Waals surface area contributed by atoms with Crippen LogP contribution in [-0.4, -0.2) is 68.4 Å². The molecule has 0 aliphatic rings. The first-order chi connectivity index (χ1) is 14.1. The average Bonchev–Trinajstić information content (AvgIpc) is 2.48. The molecule has 4 nitrogen and oxygen atoms in total. The minimum atomic E-state index is -8.80. The van der Waals surface area contributed by atoms with Crippen molar-refractivity contribution < 1.29 is 83.1 Å². The van der Waals surface area contributed by atoms with E-state index in [9.17, 15) is 83.1 Å². The molecule has 0 bridgehead atoms. The molecule has 0 spiro atoms. The summed E-state index contributed by atoms with van der Waals surface area (Å²) >= 11 is 0. The van der Waals surface area contributed by atoms with Gasteiger partial charge in [-0.05, 0) is 0 Å². The summed E-state index contributed by atoms with van der Waals surface area (Å²) in [5.41, 5.74) is 0. The maximum Gasteiger partial charge on any atom is 0.460 e. The number of nitrogens with zero attached hydrogens (tertiary/aromatic N) is 1. The van der Waals surface area contributed by atoms with Crippen molar-refractivity contribution in [3.8, 4) is 0 Å². The minimum Gasteiger partial charge on any atom is -0.216 e. The van der Waals surface area contributed by atoms with Crippen LogP contribution in [0.1, 0.15) is 0 Å². The topological polar surface area (TPSA) is 63.4 Å². The number of rotatable bonds is 9. The Kier molecular flexibility index (Phi) is 7.69. The molecule has 0 radical (unpaired) electrons. The average molecular weight is 586 g/mol. The summed E-state index contributed by atoms with van der Waals surface area (Å²) in [5.74, 6) is -51.3. The molecule has 0 saturated carbocycles. The molecule has 2 N–H and O–H groups in total. The molecule has 0 fully saturated rings. The van der Waals surface area contributed by atoms with E-state index in [-0.39, 0.29) is 0 Å². The SMILES string of the molecule is C[Si](C)(C)N(C(F)(F)C(F)(F)C(F)(F)C(F)(F)C(F)(F)C(F)(F)C(F)(F)C(F)(F)F)S(N)(=O)=O. The van der Waals surface area contributed by atoms with Crippen molar-refractivity contribution in [2.45, 2.75) is 67.4 Å². The minimum absolute atomic E-state index is 0.324. The first kappa shape index (κ1) is 32.9. The summed E-state index contributed by atoms with van der Waals surface area (Å²) in [7, 11) is -11.0. The molecule has 0 unspecified atom stereocenters. The van der Waals surface area contributed by atoms with Crippen molar-refractivity contribution >= 4 is 18.4 Å². The Bertz CT molecular complexity index is 877. The standard InChI is InChI=1S/C11H11F17N2O2SSi/c1-34(2,3)30(33(29,31)32)11(27,28)9(22,23)7(18,19)5(14,15)4(12,13)6(16,17)8(20,21)10(24,25)26/h1-3H3,(H2,29,31,32). The van der Waals surface area contributed by atoms with Gasteiger partial charge in [-0.2, -0.15) is 83.1 Å². The van der Waals surface area contributed by atoms with Crippen LogP contribution in [0.4, 0.5) is 74.6 Å². The molecule has 0 aromatic carbocycles. The van der Waals surface area contributed by atoms with Gasteiger partial charge in [0.25, 0.3) is 10.2 Å². The Morgan fingerprint density at radius 3 is 0.971 bits per heavy atom. The van der Waals surface area contributed by atoms with Gasteiger partial charge in [0.05, 0.1) is 0 Å². The van der Waals surface area contributed by atoms with Gasteiger partial charge < -0.3 is 0 Å². The van der Waals surface area contributed by atoms with E-state index < -0.39 is 70.2 Å². The van der Waals surface area contributed by atoms with E-state index in [2.05, 4.69) is 5.14 Å². The summed E-state index contributed by atoms with van der Waals surface area (Å²) < 4.78 is 246. The maximum absolute atomic E-state index is 14.2. The highest BCUT2D eigenvalue weighted by molar-refractivity contribution is 7.88. The third-order valence-electron chi connectivity index (χ3n) is 3.82. The van der Waals surface area contributed by atoms with Gasteiger partial charge in [0.15, 0.2) is 0 Å². The van der Waals surface area contributed by atoms with Gasteiger partial charge in [0.1, 0.15) is 8.24 Å². The quantitative estimate of drug-likeness (QED) is 0.227. The third-order valence-corrected chi connectivity index (χ3v) is 8.47. The van der Waals surface area contributed by atoms with Crippen LogP contribution in [0.5, 0.6) is 0 Å².